The fourth-order valence-electron chi connectivity index (χ4n) is 1.52. The molecule has 0 saturated carbocycles. The first-order chi connectivity index (χ1) is 8.61. The third-order valence-corrected chi connectivity index (χ3v) is 3.21. The molecule has 0 fully saturated rings. The van der Waals surface area contributed by atoms with Gasteiger partial charge in [0.2, 0.25) is 0 Å². The van der Waals surface area contributed by atoms with Crippen LogP contribution in [-0.4, -0.2) is 9.78 Å². The number of hydrogen-bond donors (Lipinski definition) is 1. The van der Waals surface area contributed by atoms with Gasteiger partial charge in [0.25, 0.3) is 0 Å². The highest BCUT2D eigenvalue weighted by Crippen LogP contribution is 2.26. The Morgan fingerprint density at radius 2 is 2.28 bits per heavy atom. The second kappa shape index (κ2) is 5.19. The number of benzene rings is 1. The molecule has 0 unspecified atom stereocenters. The minimum absolute atomic E-state index is 0.177. The van der Waals surface area contributed by atoms with Crippen molar-refractivity contribution >= 4 is 21.6 Å². The van der Waals surface area contributed by atoms with E-state index in [0.717, 1.165) is 5.69 Å². The molecular formula is C12H10BrFN4. The van der Waals surface area contributed by atoms with E-state index in [4.69, 9.17) is 5.26 Å². The highest BCUT2D eigenvalue weighted by Gasteiger charge is 2.10. The van der Waals surface area contributed by atoms with Gasteiger partial charge in [-0.2, -0.15) is 10.4 Å². The van der Waals surface area contributed by atoms with Crippen molar-refractivity contribution in [3.63, 3.8) is 0 Å². The van der Waals surface area contributed by atoms with Crippen molar-refractivity contribution in [2.45, 2.75) is 6.54 Å². The van der Waals surface area contributed by atoms with Crippen molar-refractivity contribution in [2.75, 3.05) is 5.32 Å². The van der Waals surface area contributed by atoms with E-state index in [-0.39, 0.29) is 10.0 Å². The van der Waals surface area contributed by atoms with Gasteiger partial charge in [0.1, 0.15) is 6.07 Å². The molecule has 4 nitrogen and oxygen atoms in total. The molecule has 0 amide bonds. The van der Waals surface area contributed by atoms with Crippen LogP contribution in [0.15, 0.2) is 28.9 Å². The standard InChI is InChI=1S/C12H10BrFN4/c1-18-5-4-9(17-18)7-16-10-3-2-8(6-15)11(13)12(10)14/h2-5,16H,7H2,1H3. The Labute approximate surface area is 112 Å². The zero-order valence-electron chi connectivity index (χ0n) is 9.61. The van der Waals surface area contributed by atoms with Gasteiger partial charge in [-0.25, -0.2) is 4.39 Å². The quantitative estimate of drug-likeness (QED) is 0.948. The SMILES string of the molecule is Cn1ccc(CNc2ccc(C#N)c(Br)c2F)n1. The Bertz CT molecular complexity index is 615. The fourth-order valence-corrected chi connectivity index (χ4v) is 1.95. The number of aryl methyl sites for hydroxylation is 1. The van der Waals surface area contributed by atoms with Crippen LogP contribution < -0.4 is 5.32 Å². The van der Waals surface area contributed by atoms with Crippen LogP contribution in [-0.2, 0) is 13.6 Å². The third-order valence-electron chi connectivity index (χ3n) is 2.43. The van der Waals surface area contributed by atoms with E-state index in [1.165, 1.54) is 0 Å². The van der Waals surface area contributed by atoms with Crippen molar-refractivity contribution in [1.82, 2.24) is 9.78 Å². The minimum Gasteiger partial charge on any atom is -0.377 e. The molecule has 1 aromatic heterocycles. The van der Waals surface area contributed by atoms with Crippen LogP contribution >= 0.6 is 15.9 Å². The highest BCUT2D eigenvalue weighted by atomic mass is 79.9. The van der Waals surface area contributed by atoms with Gasteiger partial charge in [0.05, 0.1) is 28.0 Å². The van der Waals surface area contributed by atoms with Crippen molar-refractivity contribution in [1.29, 1.82) is 5.26 Å². The third kappa shape index (κ3) is 2.51. The molecule has 0 atom stereocenters. The Hall–Kier alpha value is -1.87. The smallest absolute Gasteiger partial charge is 0.161 e. The topological polar surface area (TPSA) is 53.6 Å². The molecule has 1 aromatic carbocycles. The summed E-state index contributed by atoms with van der Waals surface area (Å²) in [4.78, 5) is 0. The zero-order chi connectivity index (χ0) is 13.1. The van der Waals surface area contributed by atoms with E-state index in [0.29, 0.717) is 12.2 Å². The molecule has 0 saturated heterocycles. The Morgan fingerprint density at radius 1 is 1.50 bits per heavy atom. The predicted octanol–water partition coefficient (Wildman–Crippen LogP) is 2.81. The molecule has 2 aromatic rings. The van der Waals surface area contributed by atoms with Crippen LogP contribution in [0.2, 0.25) is 0 Å². The number of rotatable bonds is 3. The van der Waals surface area contributed by atoms with E-state index in [2.05, 4.69) is 26.3 Å². The van der Waals surface area contributed by atoms with Crippen molar-refractivity contribution in [3.05, 3.63) is 45.9 Å². The summed E-state index contributed by atoms with van der Waals surface area (Å²) in [5, 5.41) is 15.9. The molecule has 0 radical (unpaired) electrons. The number of nitrogens with one attached hydrogen (secondary N) is 1. The maximum atomic E-state index is 13.9. The second-order valence-corrected chi connectivity index (χ2v) is 4.53. The lowest BCUT2D eigenvalue weighted by atomic mass is 10.2. The lowest BCUT2D eigenvalue weighted by molar-refractivity contribution is 0.622. The summed E-state index contributed by atoms with van der Waals surface area (Å²) in [6.45, 7) is 0.427. The first-order valence-corrected chi connectivity index (χ1v) is 6.01. The monoisotopic (exact) mass is 308 g/mol. The summed E-state index contributed by atoms with van der Waals surface area (Å²) in [7, 11) is 1.82. The maximum Gasteiger partial charge on any atom is 0.161 e. The molecule has 0 spiro atoms. The van der Waals surface area contributed by atoms with Crippen LogP contribution in [0.25, 0.3) is 0 Å². The van der Waals surface area contributed by atoms with Crippen LogP contribution in [0.3, 0.4) is 0 Å². The fraction of sp³-hybridized carbons (Fsp3) is 0.167. The van der Waals surface area contributed by atoms with Crippen LogP contribution in [0.4, 0.5) is 10.1 Å². The van der Waals surface area contributed by atoms with E-state index in [9.17, 15) is 4.39 Å². The summed E-state index contributed by atoms with van der Waals surface area (Å²) in [6.07, 6.45) is 1.82. The average molecular weight is 309 g/mol. The number of nitrogens with zero attached hydrogens (tertiary/aromatic N) is 3. The van der Waals surface area contributed by atoms with E-state index in [1.54, 1.807) is 16.8 Å². The number of nitriles is 1. The first-order valence-electron chi connectivity index (χ1n) is 5.22. The predicted molar refractivity (Wildman–Crippen MR) is 69.3 cm³/mol. The normalized spacial score (nSPS) is 10.1. The molecule has 0 aliphatic rings. The second-order valence-electron chi connectivity index (χ2n) is 3.73. The van der Waals surface area contributed by atoms with E-state index >= 15 is 0 Å². The number of hydrogen-bond acceptors (Lipinski definition) is 3. The lowest BCUT2D eigenvalue weighted by Crippen LogP contribution is -2.03. The molecule has 0 aliphatic carbocycles. The Kier molecular flexibility index (Phi) is 3.63. The molecule has 1 heterocycles. The zero-order valence-corrected chi connectivity index (χ0v) is 11.2. The van der Waals surface area contributed by atoms with Gasteiger partial charge in [-0.3, -0.25) is 4.68 Å². The van der Waals surface area contributed by atoms with Gasteiger partial charge in [0.15, 0.2) is 5.82 Å². The summed E-state index contributed by atoms with van der Waals surface area (Å²) in [5.74, 6) is -0.468. The van der Waals surface area contributed by atoms with Crippen LogP contribution in [0.1, 0.15) is 11.3 Å². The summed E-state index contributed by atoms with van der Waals surface area (Å²) >= 11 is 3.06. The van der Waals surface area contributed by atoms with Crippen molar-refractivity contribution in [2.24, 2.45) is 7.05 Å². The number of aromatic nitrogens is 2. The summed E-state index contributed by atoms with van der Waals surface area (Å²) in [6, 6.07) is 6.87. The van der Waals surface area contributed by atoms with Gasteiger partial charge in [-0.15, -0.1) is 0 Å². The largest absolute Gasteiger partial charge is 0.377 e. The van der Waals surface area contributed by atoms with Crippen molar-refractivity contribution in [3.8, 4) is 6.07 Å². The minimum atomic E-state index is -0.468. The molecule has 18 heavy (non-hydrogen) atoms. The average Bonchev–Trinajstić information content (AvgIpc) is 2.77. The van der Waals surface area contributed by atoms with Gasteiger partial charge in [0, 0.05) is 13.2 Å². The molecular weight excluding hydrogens is 299 g/mol. The first kappa shape index (κ1) is 12.6. The van der Waals surface area contributed by atoms with Crippen molar-refractivity contribution < 1.29 is 4.39 Å². The lowest BCUT2D eigenvalue weighted by Gasteiger charge is -2.07. The molecule has 0 bridgehead atoms. The van der Waals surface area contributed by atoms with Crippen LogP contribution in [0.5, 0.6) is 0 Å². The van der Waals surface area contributed by atoms with Gasteiger partial charge in [-0.05, 0) is 34.1 Å². The van der Waals surface area contributed by atoms with Gasteiger partial charge >= 0.3 is 0 Å². The number of anilines is 1. The summed E-state index contributed by atoms with van der Waals surface area (Å²) in [5.41, 5.74) is 1.43. The summed E-state index contributed by atoms with van der Waals surface area (Å²) < 4.78 is 15.7. The Balaban J connectivity index is 2.15. The molecule has 6 heteroatoms. The molecule has 92 valence electrons. The Morgan fingerprint density at radius 3 is 2.89 bits per heavy atom. The van der Waals surface area contributed by atoms with Gasteiger partial charge < -0.3 is 5.32 Å². The van der Waals surface area contributed by atoms with E-state index < -0.39 is 5.82 Å². The maximum absolute atomic E-state index is 13.9. The van der Waals surface area contributed by atoms with Crippen LogP contribution in [0, 0.1) is 17.1 Å². The number of halogens is 2. The molecule has 1 N–H and O–H groups in total. The molecule has 0 aliphatic heterocycles. The van der Waals surface area contributed by atoms with E-state index in [1.807, 2.05) is 25.4 Å². The van der Waals surface area contributed by atoms with Gasteiger partial charge in [-0.1, -0.05) is 0 Å². The molecule has 2 rings (SSSR count). The highest BCUT2D eigenvalue weighted by molar-refractivity contribution is 9.10.